The van der Waals surface area contributed by atoms with Gasteiger partial charge in [-0.15, -0.1) is 11.3 Å². The van der Waals surface area contributed by atoms with E-state index in [0.29, 0.717) is 17.2 Å². The van der Waals surface area contributed by atoms with Crippen LogP contribution in [0.25, 0.3) is 0 Å². The summed E-state index contributed by atoms with van der Waals surface area (Å²) >= 11 is 1.37. The summed E-state index contributed by atoms with van der Waals surface area (Å²) in [5.41, 5.74) is 0.711. The Balaban J connectivity index is 1.99. The minimum absolute atomic E-state index is 0.151. The Morgan fingerprint density at radius 2 is 2.16 bits per heavy atom. The van der Waals surface area contributed by atoms with Crippen LogP contribution in [0.1, 0.15) is 13.3 Å². The molecule has 0 radical (unpaired) electrons. The van der Waals surface area contributed by atoms with E-state index in [1.165, 1.54) is 23.5 Å². The van der Waals surface area contributed by atoms with E-state index in [2.05, 4.69) is 15.6 Å². The number of rotatable bonds is 5. The molecule has 2 rings (SSSR count). The number of hydrogen-bond acceptors (Lipinski definition) is 4. The molecule has 19 heavy (non-hydrogen) atoms. The topological polar surface area (TPSA) is 54.0 Å². The van der Waals surface area contributed by atoms with Gasteiger partial charge in [0.2, 0.25) is 5.91 Å². The van der Waals surface area contributed by atoms with E-state index < -0.39 is 0 Å². The van der Waals surface area contributed by atoms with Crippen molar-refractivity contribution in [3.8, 4) is 0 Å². The van der Waals surface area contributed by atoms with Crippen LogP contribution in [0.2, 0.25) is 0 Å². The molecule has 0 unspecified atom stereocenters. The van der Waals surface area contributed by atoms with Gasteiger partial charge in [0.1, 0.15) is 11.9 Å². The lowest BCUT2D eigenvalue weighted by Gasteiger charge is -2.17. The molecule has 6 heteroatoms. The second-order valence-electron chi connectivity index (χ2n) is 3.94. The van der Waals surface area contributed by atoms with E-state index >= 15 is 0 Å². The third-order valence-electron chi connectivity index (χ3n) is 2.57. The van der Waals surface area contributed by atoms with Crippen molar-refractivity contribution in [3.63, 3.8) is 0 Å². The Bertz CT molecular complexity index is 527. The van der Waals surface area contributed by atoms with E-state index in [4.69, 9.17) is 0 Å². The Kier molecular flexibility index (Phi) is 4.46. The zero-order valence-corrected chi connectivity index (χ0v) is 11.2. The summed E-state index contributed by atoms with van der Waals surface area (Å²) in [5, 5.41) is 8.17. The van der Waals surface area contributed by atoms with Gasteiger partial charge in [-0.2, -0.15) is 0 Å². The lowest BCUT2D eigenvalue weighted by molar-refractivity contribution is -0.116. The molecule has 4 nitrogen and oxygen atoms in total. The number of anilines is 2. The van der Waals surface area contributed by atoms with Gasteiger partial charge in [-0.05, 0) is 30.7 Å². The van der Waals surface area contributed by atoms with Crippen LogP contribution in [0.3, 0.4) is 0 Å². The van der Waals surface area contributed by atoms with Crippen molar-refractivity contribution in [2.45, 2.75) is 19.4 Å². The molecular weight excluding hydrogens is 265 g/mol. The van der Waals surface area contributed by atoms with Gasteiger partial charge in [0.05, 0.1) is 0 Å². The van der Waals surface area contributed by atoms with Crippen LogP contribution in [-0.2, 0) is 4.79 Å². The fourth-order valence-electron chi connectivity index (χ4n) is 1.58. The highest BCUT2D eigenvalue weighted by Gasteiger charge is 2.17. The SMILES string of the molecule is CC[C@@H](Nc1ccc(F)cc1)C(=O)Nc1nccs1. The molecule has 1 heterocycles. The molecule has 1 amide bonds. The minimum Gasteiger partial charge on any atom is -0.374 e. The number of amides is 1. The Labute approximate surface area is 114 Å². The van der Waals surface area contributed by atoms with Gasteiger partial charge in [-0.1, -0.05) is 6.92 Å². The molecule has 0 spiro atoms. The Hall–Kier alpha value is -1.95. The average Bonchev–Trinajstić information content (AvgIpc) is 2.90. The predicted octanol–water partition coefficient (Wildman–Crippen LogP) is 3.11. The third-order valence-corrected chi connectivity index (χ3v) is 3.26. The largest absolute Gasteiger partial charge is 0.374 e. The molecule has 0 saturated carbocycles. The number of halogens is 1. The van der Waals surface area contributed by atoms with Crippen molar-refractivity contribution in [2.75, 3.05) is 10.6 Å². The molecule has 1 aromatic carbocycles. The van der Waals surface area contributed by atoms with Crippen LogP contribution in [0.5, 0.6) is 0 Å². The molecule has 1 aromatic heterocycles. The molecule has 0 bridgehead atoms. The number of thiazole rings is 1. The number of benzene rings is 1. The Morgan fingerprint density at radius 1 is 1.42 bits per heavy atom. The fraction of sp³-hybridized carbons (Fsp3) is 0.231. The maximum atomic E-state index is 12.8. The van der Waals surface area contributed by atoms with E-state index in [1.807, 2.05) is 6.92 Å². The van der Waals surface area contributed by atoms with E-state index in [1.54, 1.807) is 23.7 Å². The molecule has 0 aliphatic rings. The van der Waals surface area contributed by atoms with Crippen molar-refractivity contribution in [2.24, 2.45) is 0 Å². The van der Waals surface area contributed by atoms with Crippen LogP contribution in [-0.4, -0.2) is 16.9 Å². The number of nitrogens with one attached hydrogen (secondary N) is 2. The summed E-state index contributed by atoms with van der Waals surface area (Å²) in [6, 6.07) is 5.54. The quantitative estimate of drug-likeness (QED) is 0.884. The fourth-order valence-corrected chi connectivity index (χ4v) is 2.11. The first-order valence-corrected chi connectivity index (χ1v) is 6.79. The van der Waals surface area contributed by atoms with Crippen LogP contribution in [0.4, 0.5) is 15.2 Å². The highest BCUT2D eigenvalue weighted by Crippen LogP contribution is 2.14. The van der Waals surface area contributed by atoms with E-state index in [0.717, 1.165) is 0 Å². The lowest BCUT2D eigenvalue weighted by atomic mass is 10.2. The summed E-state index contributed by atoms with van der Waals surface area (Å²) in [5.74, 6) is -0.451. The van der Waals surface area contributed by atoms with Crippen LogP contribution in [0.15, 0.2) is 35.8 Å². The maximum absolute atomic E-state index is 12.8. The van der Waals surface area contributed by atoms with Gasteiger partial charge in [-0.25, -0.2) is 9.37 Å². The van der Waals surface area contributed by atoms with E-state index in [-0.39, 0.29) is 17.8 Å². The van der Waals surface area contributed by atoms with Gasteiger partial charge in [0.15, 0.2) is 5.13 Å². The second-order valence-corrected chi connectivity index (χ2v) is 4.83. The average molecular weight is 279 g/mol. The summed E-state index contributed by atoms with van der Waals surface area (Å²) in [4.78, 5) is 16.0. The maximum Gasteiger partial charge on any atom is 0.248 e. The van der Waals surface area contributed by atoms with Crippen molar-refractivity contribution < 1.29 is 9.18 Å². The summed E-state index contributed by atoms with van der Waals surface area (Å²) < 4.78 is 12.8. The molecule has 2 N–H and O–H groups in total. The van der Waals surface area contributed by atoms with Gasteiger partial charge >= 0.3 is 0 Å². The van der Waals surface area contributed by atoms with Crippen molar-refractivity contribution in [1.82, 2.24) is 4.98 Å². The number of carbonyl (C=O) groups is 1. The number of carbonyl (C=O) groups excluding carboxylic acids is 1. The first kappa shape index (κ1) is 13.5. The monoisotopic (exact) mass is 279 g/mol. The molecule has 0 saturated heterocycles. The molecule has 100 valence electrons. The summed E-state index contributed by atoms with van der Waals surface area (Å²) in [7, 11) is 0. The third kappa shape index (κ3) is 3.75. The van der Waals surface area contributed by atoms with Crippen molar-refractivity contribution in [3.05, 3.63) is 41.7 Å². The summed E-state index contributed by atoms with van der Waals surface area (Å²) in [6.07, 6.45) is 2.25. The molecule has 0 fully saturated rings. The standard InChI is InChI=1S/C13H14FN3OS/c1-2-11(12(18)17-13-15-7-8-19-13)16-10-5-3-9(14)4-6-10/h3-8,11,16H,2H2,1H3,(H,15,17,18)/t11-/m1/s1. The number of hydrogen-bond donors (Lipinski definition) is 2. The first-order chi connectivity index (χ1) is 9.19. The zero-order chi connectivity index (χ0) is 13.7. The Morgan fingerprint density at radius 3 is 2.74 bits per heavy atom. The van der Waals surface area contributed by atoms with Crippen molar-refractivity contribution >= 4 is 28.1 Å². The van der Waals surface area contributed by atoms with Crippen LogP contribution in [0, 0.1) is 5.82 Å². The normalized spacial score (nSPS) is 11.9. The van der Waals surface area contributed by atoms with Gasteiger partial charge in [0, 0.05) is 17.3 Å². The molecule has 2 aromatic rings. The molecule has 1 atom stereocenters. The van der Waals surface area contributed by atoms with Gasteiger partial charge < -0.3 is 10.6 Å². The van der Waals surface area contributed by atoms with Crippen molar-refractivity contribution in [1.29, 1.82) is 0 Å². The highest BCUT2D eigenvalue weighted by molar-refractivity contribution is 7.13. The zero-order valence-electron chi connectivity index (χ0n) is 10.4. The number of aromatic nitrogens is 1. The van der Waals surface area contributed by atoms with Gasteiger partial charge in [0.25, 0.3) is 0 Å². The first-order valence-electron chi connectivity index (χ1n) is 5.91. The highest BCUT2D eigenvalue weighted by atomic mass is 32.1. The predicted molar refractivity (Wildman–Crippen MR) is 74.8 cm³/mol. The van der Waals surface area contributed by atoms with Crippen LogP contribution < -0.4 is 10.6 Å². The van der Waals surface area contributed by atoms with Crippen LogP contribution >= 0.6 is 11.3 Å². The molecule has 0 aliphatic heterocycles. The second kappa shape index (κ2) is 6.29. The molecule has 0 aliphatic carbocycles. The smallest absolute Gasteiger partial charge is 0.248 e. The summed E-state index contributed by atoms with van der Waals surface area (Å²) in [6.45, 7) is 1.91. The van der Waals surface area contributed by atoms with E-state index in [9.17, 15) is 9.18 Å². The minimum atomic E-state index is -0.380. The molecular formula is C13H14FN3OS. The number of nitrogens with zero attached hydrogens (tertiary/aromatic N) is 1. The van der Waals surface area contributed by atoms with Gasteiger partial charge in [-0.3, -0.25) is 4.79 Å². The lowest BCUT2D eigenvalue weighted by Crippen LogP contribution is -2.34.